The first-order valence-corrected chi connectivity index (χ1v) is 39.2. The van der Waals surface area contributed by atoms with Gasteiger partial charge >= 0.3 is 0 Å². The Morgan fingerprint density at radius 2 is 0.400 bits per heavy atom. The van der Waals surface area contributed by atoms with E-state index in [4.69, 9.17) is 0 Å². The largest absolute Gasteiger partial charge is 0.0622 e. The van der Waals surface area contributed by atoms with Gasteiger partial charge in [0.15, 0.2) is 0 Å². The van der Waals surface area contributed by atoms with Gasteiger partial charge in [0, 0.05) is 0 Å². The molecule has 0 heterocycles. The average Bonchev–Trinajstić information content (AvgIpc) is 0.738. The summed E-state index contributed by atoms with van der Waals surface area (Å²) < 4.78 is 0. The quantitative estimate of drug-likeness (QED) is 0.146. The van der Waals surface area contributed by atoms with Gasteiger partial charge in [-0.1, -0.05) is 339 Å². The van der Waals surface area contributed by atoms with Crippen LogP contribution in [0.25, 0.3) is 153 Å². The lowest BCUT2D eigenvalue weighted by Crippen LogP contribution is -2.10. The van der Waals surface area contributed by atoms with Crippen LogP contribution in [0.4, 0.5) is 0 Å². The van der Waals surface area contributed by atoms with Crippen molar-refractivity contribution in [2.75, 3.05) is 0 Å². The minimum atomic E-state index is 0.151. The van der Waals surface area contributed by atoms with Crippen LogP contribution >= 0.6 is 0 Å². The van der Waals surface area contributed by atoms with Crippen molar-refractivity contribution in [3.05, 3.63) is 381 Å². The van der Waals surface area contributed by atoms with E-state index in [-0.39, 0.29) is 5.41 Å². The van der Waals surface area contributed by atoms with Crippen LogP contribution in [-0.4, -0.2) is 0 Å². The van der Waals surface area contributed by atoms with Crippen molar-refractivity contribution in [2.45, 2.75) is 123 Å². The van der Waals surface area contributed by atoms with Crippen molar-refractivity contribution < 1.29 is 0 Å². The van der Waals surface area contributed by atoms with Crippen molar-refractivity contribution >= 4 is 86.2 Å². The second-order valence-electron chi connectivity index (χ2n) is 32.5. The van der Waals surface area contributed by atoms with Gasteiger partial charge in [-0.25, -0.2) is 0 Å². The van der Waals surface area contributed by atoms with E-state index < -0.39 is 0 Å². The lowest BCUT2D eigenvalue weighted by Gasteiger charge is -2.21. The Labute approximate surface area is 652 Å². The molecule has 0 amide bonds. The first kappa shape index (κ1) is 73.5. The van der Waals surface area contributed by atoms with E-state index >= 15 is 0 Å². The third kappa shape index (κ3) is 14.6. The summed E-state index contributed by atoms with van der Waals surface area (Å²) in [6.07, 6.45) is 0. The minimum Gasteiger partial charge on any atom is -0.0622 e. The summed E-state index contributed by atoms with van der Waals surface area (Å²) in [5.74, 6) is 0. The highest BCUT2D eigenvalue weighted by molar-refractivity contribution is 6.24. The van der Waals surface area contributed by atoms with Gasteiger partial charge in [0.1, 0.15) is 0 Å². The van der Waals surface area contributed by atoms with Gasteiger partial charge in [-0.15, -0.1) is 0 Å². The zero-order valence-electron chi connectivity index (χ0n) is 67.3. The number of aryl methyl sites for hydroxylation is 14. The normalized spacial score (nSPS) is 11.5. The molecule has 0 fully saturated rings. The van der Waals surface area contributed by atoms with Crippen LogP contribution < -0.4 is 0 Å². The summed E-state index contributed by atoms with van der Waals surface area (Å²) in [5.41, 5.74) is 35.8. The second kappa shape index (κ2) is 30.2. The minimum absolute atomic E-state index is 0.151. The molecular formula is C110H100. The van der Waals surface area contributed by atoms with Gasteiger partial charge < -0.3 is 0 Å². The summed E-state index contributed by atoms with van der Waals surface area (Å²) in [6, 6.07) is 111. The Hall–Kier alpha value is -12.0. The molecule has 0 heteroatoms. The van der Waals surface area contributed by atoms with E-state index in [1.165, 1.54) is 236 Å². The Balaban J connectivity index is 0.000000117. The summed E-state index contributed by atoms with van der Waals surface area (Å²) in [7, 11) is 0. The van der Waals surface area contributed by atoms with Crippen molar-refractivity contribution in [3.63, 3.8) is 0 Å². The molecule has 0 saturated heterocycles. The number of fused-ring (bicyclic) bond motifs is 8. The SMILES string of the molecule is Cc1ccc(-c2c3cc(C)c(C)cc3c(-c3ccccc3)c3cc(C)c(C)cc23)cc1.Cc1ccc(-c2c3cc(C)c(C)cc3cc3cc(C)c(C)cc23)cc1.Cc1ccc(-c2c3ccc(C)cc3cc3ccc(C)cc23)cc1.Cc1ccc(-c2c3ccccc3c(-c3ccc(C(C)(C)C)cc3)c3ccccc23)cc1. The molecule has 110 heavy (non-hydrogen) atoms. The molecule has 0 nitrogen and oxygen atoms in total. The van der Waals surface area contributed by atoms with Gasteiger partial charge in [0.25, 0.3) is 0 Å². The molecule has 0 aliphatic heterocycles. The smallest absolute Gasteiger partial charge is 0.00262 e. The van der Waals surface area contributed by atoms with Crippen molar-refractivity contribution in [1.29, 1.82) is 0 Å². The van der Waals surface area contributed by atoms with E-state index in [0.29, 0.717) is 0 Å². The Morgan fingerprint density at radius 3 is 0.764 bits per heavy atom. The molecule has 18 aromatic rings. The second-order valence-corrected chi connectivity index (χ2v) is 32.5. The molecule has 18 rings (SSSR count). The molecule has 0 spiro atoms. The van der Waals surface area contributed by atoms with Crippen LogP contribution in [0, 0.1) is 96.9 Å². The van der Waals surface area contributed by atoms with Gasteiger partial charge in [-0.05, 0) is 317 Å². The van der Waals surface area contributed by atoms with Crippen LogP contribution in [0.3, 0.4) is 0 Å². The molecule has 0 saturated carbocycles. The topological polar surface area (TPSA) is 0 Å². The molecule has 18 aromatic carbocycles. The van der Waals surface area contributed by atoms with Gasteiger partial charge in [-0.3, -0.25) is 0 Å². The van der Waals surface area contributed by atoms with Crippen LogP contribution in [0.5, 0.6) is 0 Å². The summed E-state index contributed by atoms with van der Waals surface area (Å²) in [5, 5.41) is 21.2. The number of rotatable bonds is 6. The summed E-state index contributed by atoms with van der Waals surface area (Å²) in [4.78, 5) is 0. The highest BCUT2D eigenvalue weighted by atomic mass is 14.3. The summed E-state index contributed by atoms with van der Waals surface area (Å²) in [6.45, 7) is 37.4. The standard InChI is InChI=1S/2C31H28.C25H24.C23H20/c1-19-11-13-25(14-12-19)31-28-17-22(4)20(2)15-26(28)30(24-9-7-6-8-10-24)27-16-21(3)23(5)18-29(27)31;1-21-13-15-22(16-14-21)29-25-9-5-7-11-27(25)30(28-12-8-6-10-26(28)29)23-17-19-24(20-18-23)31(2,3)4;1-15-6-8-20(9-7-15)25-23-12-18(4)16(2)10-21(23)14-22-11-17(3)19(5)13-24(22)25;1-15-4-8-18(9-5-15)23-21-11-7-16(2)12-20(21)14-19-10-6-17(3)13-22(19)23/h6-18H,1-5H3;5-20H,1-4H3;6-14H,1-5H3;4-14H,1-3H3. The first-order chi connectivity index (χ1) is 52.9. The fourth-order valence-electron chi connectivity index (χ4n) is 16.4. The predicted octanol–water partition coefficient (Wildman–Crippen LogP) is 31.6. The van der Waals surface area contributed by atoms with E-state index in [2.05, 4.69) is 415 Å². The third-order valence-electron chi connectivity index (χ3n) is 23.2. The average molecular weight is 1420 g/mol. The fraction of sp³-hybridized carbons (Fsp3) is 0.164. The molecule has 540 valence electrons. The Morgan fingerprint density at radius 1 is 0.155 bits per heavy atom. The zero-order chi connectivity index (χ0) is 77.0. The highest BCUT2D eigenvalue weighted by Crippen LogP contribution is 2.48. The monoisotopic (exact) mass is 1420 g/mol. The molecule has 0 N–H and O–H groups in total. The maximum absolute atomic E-state index is 2.39. The zero-order valence-corrected chi connectivity index (χ0v) is 67.3. The van der Waals surface area contributed by atoms with Crippen molar-refractivity contribution in [1.82, 2.24) is 0 Å². The molecule has 0 aliphatic carbocycles. The molecule has 0 aliphatic rings. The molecule has 0 bridgehead atoms. The van der Waals surface area contributed by atoms with Crippen LogP contribution in [0.2, 0.25) is 0 Å². The van der Waals surface area contributed by atoms with Crippen molar-refractivity contribution in [3.8, 4) is 66.8 Å². The van der Waals surface area contributed by atoms with Crippen LogP contribution in [0.1, 0.15) is 104 Å². The Kier molecular flexibility index (Phi) is 20.2. The molecule has 0 unspecified atom stereocenters. The number of hydrogen-bond acceptors (Lipinski definition) is 0. The number of hydrogen-bond donors (Lipinski definition) is 0. The van der Waals surface area contributed by atoms with Gasteiger partial charge in [0.2, 0.25) is 0 Å². The lowest BCUT2D eigenvalue weighted by atomic mass is 9.83. The van der Waals surface area contributed by atoms with Crippen LogP contribution in [-0.2, 0) is 5.41 Å². The van der Waals surface area contributed by atoms with E-state index in [1.807, 2.05) is 0 Å². The maximum Gasteiger partial charge on any atom is -0.00262 e. The maximum atomic E-state index is 2.39. The molecule has 0 radical (unpaired) electrons. The molecular weight excluding hydrogens is 1320 g/mol. The van der Waals surface area contributed by atoms with Crippen molar-refractivity contribution in [2.24, 2.45) is 0 Å². The van der Waals surface area contributed by atoms with Gasteiger partial charge in [-0.2, -0.15) is 0 Å². The lowest BCUT2D eigenvalue weighted by molar-refractivity contribution is 0.590. The highest BCUT2D eigenvalue weighted by Gasteiger charge is 2.22. The first-order valence-electron chi connectivity index (χ1n) is 39.2. The third-order valence-corrected chi connectivity index (χ3v) is 23.2. The molecule has 0 atom stereocenters. The van der Waals surface area contributed by atoms with E-state index in [1.54, 1.807) is 0 Å². The molecule has 0 aromatic heterocycles. The number of benzene rings is 18. The predicted molar refractivity (Wildman–Crippen MR) is 483 cm³/mol. The van der Waals surface area contributed by atoms with E-state index in [9.17, 15) is 0 Å². The Bertz CT molecular complexity index is 6360. The van der Waals surface area contributed by atoms with Gasteiger partial charge in [0.05, 0.1) is 0 Å². The fourth-order valence-corrected chi connectivity index (χ4v) is 16.4. The summed E-state index contributed by atoms with van der Waals surface area (Å²) >= 11 is 0. The van der Waals surface area contributed by atoms with E-state index in [0.717, 1.165) is 0 Å². The van der Waals surface area contributed by atoms with Crippen LogP contribution in [0.15, 0.2) is 297 Å².